The molecule has 0 radical (unpaired) electrons. The minimum atomic E-state index is -0.587. The van der Waals surface area contributed by atoms with E-state index in [2.05, 4.69) is 4.98 Å². The smallest absolute Gasteiger partial charge is 0.333 e. The molecule has 0 unspecified atom stereocenters. The Hall–Kier alpha value is -4.18. The molecule has 0 aliphatic rings. The lowest BCUT2D eigenvalue weighted by Gasteiger charge is -2.19. The van der Waals surface area contributed by atoms with E-state index in [1.54, 1.807) is 18.7 Å². The van der Waals surface area contributed by atoms with Gasteiger partial charge in [0.05, 0.1) is 26.0 Å². The van der Waals surface area contributed by atoms with E-state index in [0.717, 1.165) is 10.1 Å². The van der Waals surface area contributed by atoms with Crippen molar-refractivity contribution in [3.05, 3.63) is 93.4 Å². The van der Waals surface area contributed by atoms with Crippen LogP contribution in [0.3, 0.4) is 0 Å². The largest absolute Gasteiger partial charge is 0.492 e. The first-order valence-electron chi connectivity index (χ1n) is 11.6. The molecule has 0 N–H and O–H groups in total. The van der Waals surface area contributed by atoms with E-state index in [1.807, 2.05) is 60.7 Å². The Morgan fingerprint density at radius 3 is 2.36 bits per heavy atom. The SMILES string of the molecule is COCCn1cnc2c1c(=O)n(CC(=O)N(C)CCOc1ccccc1)c(=O)n2Cc1ccccc1. The molecule has 0 saturated carbocycles. The topological polar surface area (TPSA) is 101 Å². The maximum absolute atomic E-state index is 13.4. The Balaban J connectivity index is 1.62. The lowest BCUT2D eigenvalue weighted by atomic mass is 10.2. The molecule has 0 bridgehead atoms. The summed E-state index contributed by atoms with van der Waals surface area (Å²) in [6.07, 6.45) is 1.52. The number of hydrogen-bond acceptors (Lipinski definition) is 6. The summed E-state index contributed by atoms with van der Waals surface area (Å²) in [5.74, 6) is 0.326. The van der Waals surface area contributed by atoms with E-state index in [9.17, 15) is 14.4 Å². The van der Waals surface area contributed by atoms with Gasteiger partial charge in [0.15, 0.2) is 11.2 Å². The Kier molecular flexibility index (Phi) is 7.96. The minimum absolute atomic E-state index is 0.215. The van der Waals surface area contributed by atoms with Crippen LogP contribution in [0, 0.1) is 0 Å². The van der Waals surface area contributed by atoms with Crippen LogP contribution in [-0.2, 0) is 29.2 Å². The van der Waals surface area contributed by atoms with Crippen LogP contribution in [0.4, 0.5) is 0 Å². The zero-order valence-electron chi connectivity index (χ0n) is 20.4. The summed E-state index contributed by atoms with van der Waals surface area (Å²) < 4.78 is 14.9. The molecular weight excluding hydrogens is 462 g/mol. The normalized spacial score (nSPS) is 11.1. The first-order chi connectivity index (χ1) is 17.5. The number of benzene rings is 2. The third kappa shape index (κ3) is 5.55. The summed E-state index contributed by atoms with van der Waals surface area (Å²) >= 11 is 0. The van der Waals surface area contributed by atoms with Crippen molar-refractivity contribution in [3.63, 3.8) is 0 Å². The molecular formula is C26H29N5O5. The molecule has 10 heteroatoms. The van der Waals surface area contributed by atoms with Crippen molar-refractivity contribution in [3.8, 4) is 5.75 Å². The minimum Gasteiger partial charge on any atom is -0.492 e. The molecule has 2 aromatic heterocycles. The molecule has 0 saturated heterocycles. The van der Waals surface area contributed by atoms with E-state index in [4.69, 9.17) is 9.47 Å². The van der Waals surface area contributed by atoms with E-state index >= 15 is 0 Å². The first kappa shape index (κ1) is 24.9. The van der Waals surface area contributed by atoms with Crippen molar-refractivity contribution in [1.82, 2.24) is 23.6 Å². The number of likely N-dealkylation sites (N-methyl/N-ethyl adjacent to an activating group) is 1. The number of nitrogens with zero attached hydrogens (tertiary/aromatic N) is 5. The standard InChI is InChI=1S/C26H29N5O5/c1-28(13-16-36-21-11-7-4-8-12-21)22(32)18-31-25(33)23-24(27-19-29(23)14-15-35-2)30(26(31)34)17-20-9-5-3-6-10-20/h3-12,19H,13-18H2,1-2H3. The summed E-state index contributed by atoms with van der Waals surface area (Å²) in [7, 11) is 3.18. The van der Waals surface area contributed by atoms with Gasteiger partial charge < -0.3 is 18.9 Å². The summed E-state index contributed by atoms with van der Waals surface area (Å²) in [5.41, 5.74) is 0.258. The van der Waals surface area contributed by atoms with Gasteiger partial charge in [-0.05, 0) is 17.7 Å². The molecule has 10 nitrogen and oxygen atoms in total. The van der Waals surface area contributed by atoms with E-state index in [0.29, 0.717) is 25.4 Å². The van der Waals surface area contributed by atoms with Crippen LogP contribution in [0.2, 0.25) is 0 Å². The van der Waals surface area contributed by atoms with Crippen LogP contribution in [0.1, 0.15) is 5.56 Å². The van der Waals surface area contributed by atoms with Crippen LogP contribution in [-0.4, -0.2) is 63.4 Å². The van der Waals surface area contributed by atoms with Crippen LogP contribution in [0.5, 0.6) is 5.75 Å². The van der Waals surface area contributed by atoms with Crippen LogP contribution in [0.25, 0.3) is 11.2 Å². The van der Waals surface area contributed by atoms with Gasteiger partial charge >= 0.3 is 5.69 Å². The lowest BCUT2D eigenvalue weighted by molar-refractivity contribution is -0.131. The lowest BCUT2D eigenvalue weighted by Crippen LogP contribution is -2.45. The van der Waals surface area contributed by atoms with Gasteiger partial charge in [-0.15, -0.1) is 0 Å². The molecule has 4 rings (SSSR count). The molecule has 0 aliphatic carbocycles. The monoisotopic (exact) mass is 491 g/mol. The average molecular weight is 492 g/mol. The fourth-order valence-corrected chi connectivity index (χ4v) is 3.84. The molecule has 188 valence electrons. The zero-order chi connectivity index (χ0) is 25.5. The summed E-state index contributed by atoms with van der Waals surface area (Å²) in [6, 6.07) is 18.7. The predicted octanol–water partition coefficient (Wildman–Crippen LogP) is 1.59. The summed E-state index contributed by atoms with van der Waals surface area (Å²) in [6.45, 7) is 1.16. The van der Waals surface area contributed by atoms with Gasteiger partial charge in [-0.2, -0.15) is 0 Å². The Bertz CT molecular complexity index is 1430. The third-order valence-electron chi connectivity index (χ3n) is 5.86. The fraction of sp³-hybridized carbons (Fsp3) is 0.308. The number of ether oxygens (including phenoxy) is 2. The van der Waals surface area contributed by atoms with Gasteiger partial charge in [-0.1, -0.05) is 48.5 Å². The second-order valence-electron chi connectivity index (χ2n) is 8.33. The second-order valence-corrected chi connectivity index (χ2v) is 8.33. The fourth-order valence-electron chi connectivity index (χ4n) is 3.84. The van der Waals surface area contributed by atoms with Crippen LogP contribution >= 0.6 is 0 Å². The third-order valence-corrected chi connectivity index (χ3v) is 5.86. The molecule has 0 spiro atoms. The van der Waals surface area contributed by atoms with Gasteiger partial charge in [0.25, 0.3) is 5.56 Å². The van der Waals surface area contributed by atoms with E-state index in [-0.39, 0.29) is 36.8 Å². The highest BCUT2D eigenvalue weighted by atomic mass is 16.5. The quantitative estimate of drug-likeness (QED) is 0.316. The highest BCUT2D eigenvalue weighted by Gasteiger charge is 2.21. The number of imidazole rings is 1. The maximum Gasteiger partial charge on any atom is 0.333 e. The Morgan fingerprint density at radius 1 is 0.972 bits per heavy atom. The van der Waals surface area contributed by atoms with Gasteiger partial charge in [-0.3, -0.25) is 14.2 Å². The number of methoxy groups -OCH3 is 1. The van der Waals surface area contributed by atoms with Crippen molar-refractivity contribution in [2.45, 2.75) is 19.6 Å². The summed E-state index contributed by atoms with van der Waals surface area (Å²) in [5, 5.41) is 0. The number of rotatable bonds is 11. The number of fused-ring (bicyclic) bond motifs is 1. The molecule has 0 fully saturated rings. The van der Waals surface area contributed by atoms with Crippen molar-refractivity contribution in [1.29, 1.82) is 0 Å². The highest BCUT2D eigenvalue weighted by Crippen LogP contribution is 2.10. The second kappa shape index (κ2) is 11.5. The molecule has 2 heterocycles. The van der Waals surface area contributed by atoms with Crippen molar-refractivity contribution in [2.24, 2.45) is 0 Å². The highest BCUT2D eigenvalue weighted by molar-refractivity contribution is 5.76. The zero-order valence-corrected chi connectivity index (χ0v) is 20.4. The number of para-hydroxylation sites is 1. The van der Waals surface area contributed by atoms with E-state index in [1.165, 1.54) is 15.8 Å². The van der Waals surface area contributed by atoms with Gasteiger partial charge in [0, 0.05) is 20.7 Å². The van der Waals surface area contributed by atoms with Gasteiger partial charge in [-0.25, -0.2) is 14.3 Å². The van der Waals surface area contributed by atoms with Crippen molar-refractivity contribution in [2.75, 3.05) is 33.9 Å². The number of amides is 1. The van der Waals surface area contributed by atoms with Crippen molar-refractivity contribution < 1.29 is 14.3 Å². The summed E-state index contributed by atoms with van der Waals surface area (Å²) in [4.78, 5) is 45.6. The number of carbonyl (C=O) groups excluding carboxylic acids is 1. The van der Waals surface area contributed by atoms with Crippen LogP contribution in [0.15, 0.2) is 76.6 Å². The number of hydrogen-bond donors (Lipinski definition) is 0. The molecule has 2 aromatic carbocycles. The molecule has 36 heavy (non-hydrogen) atoms. The molecule has 0 aliphatic heterocycles. The Labute approximate surface area is 207 Å². The molecule has 4 aromatic rings. The predicted molar refractivity (Wildman–Crippen MR) is 135 cm³/mol. The van der Waals surface area contributed by atoms with Crippen LogP contribution < -0.4 is 16.0 Å². The van der Waals surface area contributed by atoms with Gasteiger partial charge in [0.2, 0.25) is 5.91 Å². The number of carbonyl (C=O) groups is 1. The first-order valence-corrected chi connectivity index (χ1v) is 11.6. The Morgan fingerprint density at radius 2 is 1.67 bits per heavy atom. The van der Waals surface area contributed by atoms with Gasteiger partial charge in [0.1, 0.15) is 18.9 Å². The molecule has 0 atom stereocenters. The van der Waals surface area contributed by atoms with E-state index < -0.39 is 11.2 Å². The van der Waals surface area contributed by atoms with Crippen molar-refractivity contribution >= 4 is 17.1 Å². The average Bonchev–Trinajstić information content (AvgIpc) is 3.32. The number of aromatic nitrogens is 4. The molecule has 1 amide bonds. The maximum atomic E-state index is 13.4.